The lowest BCUT2D eigenvalue weighted by molar-refractivity contribution is -0.172. The standard InChI is InChI=1S/C61H75FN9O14P/c1-10-61(80)42-27-47-51-40(29-71(47)55(75)41(42)31-82-56(61)76)49-44(23-22-39-34(5)43(62)28-46(66-51)48(39)49)68-58(78)83-30-35-14-18-37(19-15-35)65-53(73)45(13-12-25-64-57(63)77)67-54(74)50(33(3)4)69-52(72)36-16-20-38(21-17-36)70-86(81,11-2)85-26-24-60(8,9)84-32-59(6,7)79/h11,14-21,27-28,33,44-45,50,79-80H,2,10,12-13,22-26,29-32H2,1,3-9H3,(H,65,73)(H,67,74)(H,68,78)(H,69,72)(H,70,81)(H3,63,64,77)/t44-,45-,50?,61-,86?/m0/s1. The second kappa shape index (κ2) is 25.9. The topological polar surface area (TPSA) is 330 Å². The molecule has 3 aliphatic rings. The molecule has 23 nitrogen and oxygen atoms in total. The van der Waals surface area contributed by atoms with Gasteiger partial charge in [-0.15, -0.1) is 0 Å². The zero-order valence-electron chi connectivity index (χ0n) is 49.4. The number of urea groups is 1. The summed E-state index contributed by atoms with van der Waals surface area (Å²) in [6, 6.07) is 11.6. The van der Waals surface area contributed by atoms with E-state index in [0.717, 1.165) is 5.56 Å². The van der Waals surface area contributed by atoms with Gasteiger partial charge in [-0.05, 0) is 144 Å². The number of carbonyl (C=O) groups excluding carboxylic acids is 6. The first-order chi connectivity index (χ1) is 40.5. The molecule has 0 bridgehead atoms. The van der Waals surface area contributed by atoms with Crippen LogP contribution in [0.15, 0.2) is 77.9 Å². The van der Waals surface area contributed by atoms with Crippen molar-refractivity contribution in [3.05, 3.63) is 134 Å². The first kappa shape index (κ1) is 64.0. The minimum Gasteiger partial charge on any atom is -0.458 e. The van der Waals surface area contributed by atoms with E-state index in [1.54, 1.807) is 71.9 Å². The molecule has 2 unspecified atom stereocenters. The van der Waals surface area contributed by atoms with Crippen molar-refractivity contribution in [3.63, 3.8) is 0 Å². The number of pyridine rings is 2. The van der Waals surface area contributed by atoms with Gasteiger partial charge in [-0.3, -0.25) is 23.7 Å². The smallest absolute Gasteiger partial charge is 0.407 e. The van der Waals surface area contributed by atoms with Crippen LogP contribution in [0.5, 0.6) is 0 Å². The van der Waals surface area contributed by atoms with Crippen LogP contribution in [-0.2, 0) is 69.5 Å². The number of rotatable bonds is 25. The van der Waals surface area contributed by atoms with Gasteiger partial charge in [0.15, 0.2) is 5.60 Å². The molecule has 0 radical (unpaired) electrons. The van der Waals surface area contributed by atoms with Crippen LogP contribution in [-0.4, -0.2) is 98.6 Å². The Morgan fingerprint density at radius 1 is 1.00 bits per heavy atom. The maximum Gasteiger partial charge on any atom is 0.407 e. The third kappa shape index (κ3) is 14.4. The van der Waals surface area contributed by atoms with Gasteiger partial charge in [0, 0.05) is 51.9 Å². The van der Waals surface area contributed by atoms with E-state index in [-0.39, 0.29) is 75.5 Å². The van der Waals surface area contributed by atoms with Crippen LogP contribution in [0, 0.1) is 18.7 Å². The fourth-order valence-corrected chi connectivity index (χ4v) is 11.8. The minimum absolute atomic E-state index is 0.0459. The van der Waals surface area contributed by atoms with Gasteiger partial charge in [-0.2, -0.15) is 0 Å². The highest BCUT2D eigenvalue weighted by Gasteiger charge is 2.46. The molecule has 6 amide bonds. The summed E-state index contributed by atoms with van der Waals surface area (Å²) in [4.78, 5) is 98.4. The Kier molecular flexibility index (Phi) is 19.3. The van der Waals surface area contributed by atoms with E-state index < -0.39 is 95.6 Å². The van der Waals surface area contributed by atoms with Gasteiger partial charge in [0.25, 0.3) is 11.5 Å². The zero-order valence-corrected chi connectivity index (χ0v) is 50.3. The van der Waals surface area contributed by atoms with Crippen LogP contribution < -0.4 is 43.0 Å². The largest absolute Gasteiger partial charge is 0.458 e. The summed E-state index contributed by atoms with van der Waals surface area (Å²) in [5, 5.41) is 38.7. The highest BCUT2D eigenvalue weighted by molar-refractivity contribution is 7.63. The number of nitrogens with one attached hydrogen (secondary N) is 6. The molecule has 0 saturated carbocycles. The SMILES string of the molecule is C=CP(=O)(Nc1ccc(C(=O)NC(C(=O)N[C@@H](CCCNC(N)=O)C(=O)Nc2ccc(COC(=O)N[C@H]3CCc4c(C)c(F)cc5nc6c(c3c45)Cn3c-6cc4c(c3=O)COC(=O)[C@]4(O)CC)cc2)C(C)C)cc1)OCCC(C)(C)OCC(C)(C)O. The molecule has 5 aromatic rings. The molecule has 2 aromatic heterocycles. The summed E-state index contributed by atoms with van der Waals surface area (Å²) in [6.07, 6.45) is 0.599. The number of aryl methyl sites for hydroxylation is 1. The quantitative estimate of drug-likeness (QED) is 0.0152. The van der Waals surface area contributed by atoms with Crippen LogP contribution >= 0.6 is 7.52 Å². The number of nitrogens with zero attached hydrogens (tertiary/aromatic N) is 2. The van der Waals surface area contributed by atoms with E-state index in [4.69, 9.17) is 29.5 Å². The van der Waals surface area contributed by atoms with E-state index in [0.29, 0.717) is 75.2 Å². The summed E-state index contributed by atoms with van der Waals surface area (Å²) in [6.45, 7) is 17.1. The summed E-state index contributed by atoms with van der Waals surface area (Å²) in [5.74, 6) is -2.47. The number of fused-ring (bicyclic) bond motifs is 5. The second-order valence-corrected chi connectivity index (χ2v) is 25.5. The van der Waals surface area contributed by atoms with E-state index >= 15 is 4.39 Å². The average Bonchev–Trinajstić information content (AvgIpc) is 1.46. The van der Waals surface area contributed by atoms with Crippen molar-refractivity contribution in [2.75, 3.05) is 30.2 Å². The number of cyclic esters (lactones) is 1. The van der Waals surface area contributed by atoms with Crippen LogP contribution in [0.4, 0.5) is 25.4 Å². The second-order valence-electron chi connectivity index (χ2n) is 23.4. The minimum atomic E-state index is -3.60. The molecule has 1 aliphatic carbocycles. The molecular weight excluding hydrogens is 1130 g/mol. The maximum absolute atomic E-state index is 15.5. The van der Waals surface area contributed by atoms with Crippen molar-refractivity contribution in [2.45, 2.75) is 149 Å². The summed E-state index contributed by atoms with van der Waals surface area (Å²) in [7, 11) is -3.60. The molecule has 460 valence electrons. The number of nitrogens with two attached hydrogens (primary N) is 1. The van der Waals surface area contributed by atoms with Gasteiger partial charge in [0.2, 0.25) is 11.8 Å². The Bertz CT molecular complexity index is 3590. The first-order valence-electron chi connectivity index (χ1n) is 28.5. The van der Waals surface area contributed by atoms with Crippen LogP contribution in [0.25, 0.3) is 22.3 Å². The highest BCUT2D eigenvalue weighted by atomic mass is 31.2. The number of ether oxygens (including phenoxy) is 3. The zero-order chi connectivity index (χ0) is 62.6. The van der Waals surface area contributed by atoms with Crippen molar-refractivity contribution >= 4 is 65.6 Å². The van der Waals surface area contributed by atoms with Crippen LogP contribution in [0.1, 0.15) is 136 Å². The molecule has 0 fully saturated rings. The van der Waals surface area contributed by atoms with Crippen LogP contribution in [0.3, 0.4) is 0 Å². The van der Waals surface area contributed by atoms with Gasteiger partial charge in [0.1, 0.15) is 31.1 Å². The van der Waals surface area contributed by atoms with Gasteiger partial charge >= 0.3 is 25.6 Å². The number of hydrogen-bond acceptors (Lipinski definition) is 15. The Balaban J connectivity index is 0.892. The molecule has 25 heteroatoms. The lowest BCUT2D eigenvalue weighted by Gasteiger charge is -2.31. The van der Waals surface area contributed by atoms with E-state index in [1.807, 2.05) is 13.8 Å². The van der Waals surface area contributed by atoms with Crippen LogP contribution in [0.2, 0.25) is 0 Å². The van der Waals surface area contributed by atoms with Gasteiger partial charge in [-0.1, -0.05) is 39.5 Å². The number of amides is 6. The monoisotopic (exact) mass is 1210 g/mol. The highest BCUT2D eigenvalue weighted by Crippen LogP contribution is 2.49. The van der Waals surface area contributed by atoms with Gasteiger partial charge < -0.3 is 70.9 Å². The molecule has 5 atom stereocenters. The van der Waals surface area contributed by atoms with Crippen molar-refractivity contribution in [1.29, 1.82) is 0 Å². The molecule has 3 aromatic carbocycles. The van der Waals surface area contributed by atoms with E-state index in [1.165, 1.54) is 40.7 Å². The Morgan fingerprint density at radius 3 is 2.35 bits per heavy atom. The van der Waals surface area contributed by atoms with Crippen molar-refractivity contribution in [2.24, 2.45) is 11.7 Å². The number of benzene rings is 3. The molecule has 8 rings (SSSR count). The van der Waals surface area contributed by atoms with E-state index in [2.05, 4.69) is 38.3 Å². The van der Waals surface area contributed by atoms with Crippen molar-refractivity contribution < 1.29 is 66.7 Å². The number of hydrogen-bond donors (Lipinski definition) is 9. The summed E-state index contributed by atoms with van der Waals surface area (Å²) < 4.78 is 53.0. The lowest BCUT2D eigenvalue weighted by Crippen LogP contribution is -2.54. The predicted octanol–water partition coefficient (Wildman–Crippen LogP) is 7.49. The van der Waals surface area contributed by atoms with E-state index in [9.17, 15) is 48.3 Å². The van der Waals surface area contributed by atoms with Crippen molar-refractivity contribution in [3.8, 4) is 11.4 Å². The number of primary amides is 1. The third-order valence-electron chi connectivity index (χ3n) is 15.6. The lowest BCUT2D eigenvalue weighted by atomic mass is 9.81. The predicted molar refractivity (Wildman–Crippen MR) is 318 cm³/mol. The number of aromatic nitrogens is 2. The number of anilines is 2. The fourth-order valence-electron chi connectivity index (χ4n) is 10.6. The number of alkyl carbamates (subject to hydrolysis) is 1. The number of carbonyl (C=O) groups is 6. The number of aliphatic hydroxyl groups is 2. The normalized spacial score (nSPS) is 17.4. The maximum atomic E-state index is 15.5. The Hall–Kier alpha value is -8.02. The molecule has 0 saturated heterocycles. The van der Waals surface area contributed by atoms with Gasteiger partial charge in [0.05, 0.1) is 59.5 Å². The number of esters is 1. The van der Waals surface area contributed by atoms with Gasteiger partial charge in [-0.25, -0.2) is 23.8 Å². The summed E-state index contributed by atoms with van der Waals surface area (Å²) in [5.41, 5.74) is 6.19. The third-order valence-corrected chi connectivity index (χ3v) is 17.2. The molecular formula is C61H75FN9O14P. The fraction of sp³-hybridized carbons (Fsp3) is 0.443. The first-order valence-corrected chi connectivity index (χ1v) is 30.2. The summed E-state index contributed by atoms with van der Waals surface area (Å²) >= 11 is 0. The van der Waals surface area contributed by atoms with Crippen molar-refractivity contribution in [1.82, 2.24) is 30.8 Å². The average molecular weight is 1210 g/mol. The molecule has 10 N–H and O–H groups in total. The molecule has 0 spiro atoms. The molecule has 2 aliphatic heterocycles. The Labute approximate surface area is 496 Å². The molecule has 86 heavy (non-hydrogen) atoms. The number of halogens is 1. The Morgan fingerprint density at radius 2 is 1.70 bits per heavy atom. The molecule has 4 heterocycles.